The molecule has 2 aromatic rings. The van der Waals surface area contributed by atoms with Crippen LogP contribution in [0.15, 0.2) is 51.8 Å². The maximum atomic E-state index is 12.8. The first kappa shape index (κ1) is 19.6. The number of hydrogen-bond donors (Lipinski definition) is 1. The Hall–Kier alpha value is -2.67. The molecular formula is C22H25N3O3S. The highest BCUT2D eigenvalue weighted by Gasteiger charge is 2.32. The highest BCUT2D eigenvalue weighted by atomic mass is 32.2. The van der Waals surface area contributed by atoms with E-state index in [4.69, 9.17) is 0 Å². The molecule has 1 N–H and O–H groups in total. The number of anilines is 1. The third-order valence-corrected chi connectivity index (χ3v) is 6.95. The summed E-state index contributed by atoms with van der Waals surface area (Å²) in [6.45, 7) is 4.67. The quantitative estimate of drug-likeness (QED) is 0.829. The molecule has 2 aliphatic rings. The van der Waals surface area contributed by atoms with Gasteiger partial charge in [-0.05, 0) is 56.0 Å². The smallest absolute Gasteiger partial charge is 0.286 e. The van der Waals surface area contributed by atoms with Crippen molar-refractivity contribution in [3.8, 4) is 0 Å². The van der Waals surface area contributed by atoms with Gasteiger partial charge in [-0.2, -0.15) is 8.42 Å². The Bertz CT molecular complexity index is 1090. The standard InChI is InChI=1S/C22H25N3O3S/c1-15-8-5-6-9-18(15)16(2)23-22(26)17-11-12-19-20(14-17)29(27,28)24-21-10-4-3-7-13-25(19)21/h5-6,8-9,11-12,14,16H,3-4,7,10,13H2,1-2H3,(H,23,26). The average Bonchev–Trinajstić information content (AvgIpc) is 2.92. The fourth-order valence-electron chi connectivity index (χ4n) is 4.05. The summed E-state index contributed by atoms with van der Waals surface area (Å²) in [5, 5.41) is 2.97. The van der Waals surface area contributed by atoms with Crippen molar-refractivity contribution in [3.63, 3.8) is 0 Å². The van der Waals surface area contributed by atoms with E-state index in [0.29, 0.717) is 23.5 Å². The molecule has 1 saturated heterocycles. The molecule has 1 unspecified atom stereocenters. The van der Waals surface area contributed by atoms with Crippen molar-refractivity contribution < 1.29 is 13.2 Å². The lowest BCUT2D eigenvalue weighted by Crippen LogP contribution is -2.35. The van der Waals surface area contributed by atoms with Crippen LogP contribution in [-0.4, -0.2) is 26.7 Å². The van der Waals surface area contributed by atoms with E-state index >= 15 is 0 Å². The molecule has 2 heterocycles. The van der Waals surface area contributed by atoms with Crippen molar-refractivity contribution in [2.45, 2.75) is 50.5 Å². The third-order valence-electron chi connectivity index (χ3n) is 5.61. The van der Waals surface area contributed by atoms with Crippen molar-refractivity contribution in [1.29, 1.82) is 0 Å². The van der Waals surface area contributed by atoms with Crippen LogP contribution < -0.4 is 10.2 Å². The number of aryl methyl sites for hydroxylation is 1. The summed E-state index contributed by atoms with van der Waals surface area (Å²) in [5.74, 6) is 0.310. The van der Waals surface area contributed by atoms with Crippen LogP contribution in [0.2, 0.25) is 0 Å². The van der Waals surface area contributed by atoms with Crippen LogP contribution in [0, 0.1) is 6.92 Å². The molecule has 0 bridgehead atoms. The van der Waals surface area contributed by atoms with Gasteiger partial charge in [0, 0.05) is 18.5 Å². The van der Waals surface area contributed by atoms with E-state index in [9.17, 15) is 13.2 Å². The van der Waals surface area contributed by atoms with Gasteiger partial charge in [0.1, 0.15) is 10.7 Å². The molecule has 0 aromatic heterocycles. The van der Waals surface area contributed by atoms with E-state index in [1.54, 1.807) is 12.1 Å². The average molecular weight is 412 g/mol. The molecule has 29 heavy (non-hydrogen) atoms. The number of hydrogen-bond acceptors (Lipinski definition) is 4. The fraction of sp³-hybridized carbons (Fsp3) is 0.364. The number of fused-ring (bicyclic) bond motifs is 3. The predicted molar refractivity (Wildman–Crippen MR) is 114 cm³/mol. The summed E-state index contributed by atoms with van der Waals surface area (Å²) in [6.07, 6.45) is 3.66. The normalized spacial score (nSPS) is 18.7. The minimum Gasteiger partial charge on any atom is -0.346 e. The van der Waals surface area contributed by atoms with Crippen LogP contribution in [0.4, 0.5) is 5.69 Å². The molecule has 7 heteroatoms. The molecule has 2 aromatic carbocycles. The Morgan fingerprint density at radius 3 is 2.72 bits per heavy atom. The monoisotopic (exact) mass is 411 g/mol. The fourth-order valence-corrected chi connectivity index (χ4v) is 5.34. The molecule has 1 fully saturated rings. The molecule has 0 spiro atoms. The summed E-state index contributed by atoms with van der Waals surface area (Å²) >= 11 is 0. The van der Waals surface area contributed by atoms with E-state index in [0.717, 1.165) is 36.9 Å². The van der Waals surface area contributed by atoms with Crippen LogP contribution in [0.25, 0.3) is 0 Å². The molecule has 0 saturated carbocycles. The van der Waals surface area contributed by atoms with Crippen molar-refractivity contribution in [2.24, 2.45) is 4.40 Å². The molecule has 4 rings (SSSR count). The van der Waals surface area contributed by atoms with Gasteiger partial charge < -0.3 is 10.2 Å². The van der Waals surface area contributed by atoms with Gasteiger partial charge in [-0.15, -0.1) is 4.40 Å². The lowest BCUT2D eigenvalue weighted by molar-refractivity contribution is 0.0939. The summed E-state index contributed by atoms with van der Waals surface area (Å²) in [4.78, 5) is 14.9. The van der Waals surface area contributed by atoms with E-state index in [1.807, 2.05) is 43.0 Å². The second kappa shape index (κ2) is 7.63. The minimum atomic E-state index is -3.81. The maximum absolute atomic E-state index is 12.8. The lowest BCUT2D eigenvalue weighted by Gasteiger charge is -2.29. The molecule has 1 atom stereocenters. The SMILES string of the molecule is Cc1ccccc1C(C)NC(=O)c1ccc2c(c1)S(=O)(=O)N=C1CCCCCN12. The second-order valence-corrected chi connectivity index (χ2v) is 9.25. The zero-order valence-corrected chi connectivity index (χ0v) is 17.5. The maximum Gasteiger partial charge on any atom is 0.286 e. The molecule has 0 aliphatic carbocycles. The Labute approximate surface area is 171 Å². The summed E-state index contributed by atoms with van der Waals surface area (Å²) in [5.41, 5.74) is 3.07. The van der Waals surface area contributed by atoms with Crippen molar-refractivity contribution >= 4 is 27.5 Å². The van der Waals surface area contributed by atoms with Crippen molar-refractivity contribution in [1.82, 2.24) is 5.32 Å². The van der Waals surface area contributed by atoms with Crippen LogP contribution in [-0.2, 0) is 10.0 Å². The van der Waals surface area contributed by atoms with E-state index in [-0.39, 0.29) is 16.8 Å². The minimum absolute atomic E-state index is 0.111. The second-order valence-electron chi connectivity index (χ2n) is 7.68. The number of sulfonamides is 1. The molecule has 6 nitrogen and oxygen atoms in total. The summed E-state index contributed by atoms with van der Waals surface area (Å²) in [6, 6.07) is 12.6. The number of benzene rings is 2. The zero-order chi connectivity index (χ0) is 20.6. The van der Waals surface area contributed by atoms with Crippen LogP contribution in [0.5, 0.6) is 0 Å². The van der Waals surface area contributed by atoms with Gasteiger partial charge in [-0.3, -0.25) is 4.79 Å². The Kier molecular flexibility index (Phi) is 5.17. The van der Waals surface area contributed by atoms with Crippen molar-refractivity contribution in [2.75, 3.05) is 11.4 Å². The van der Waals surface area contributed by atoms with Gasteiger partial charge in [-0.25, -0.2) is 0 Å². The lowest BCUT2D eigenvalue weighted by atomic mass is 10.0. The van der Waals surface area contributed by atoms with Gasteiger partial charge in [-0.1, -0.05) is 30.7 Å². The number of amidine groups is 1. The van der Waals surface area contributed by atoms with Crippen LogP contribution in [0.1, 0.15) is 60.1 Å². The highest BCUT2D eigenvalue weighted by Crippen LogP contribution is 2.35. The van der Waals surface area contributed by atoms with E-state index in [2.05, 4.69) is 9.71 Å². The first-order valence-corrected chi connectivity index (χ1v) is 11.4. The molecule has 2 aliphatic heterocycles. The Balaban J connectivity index is 1.64. The Morgan fingerprint density at radius 2 is 1.93 bits per heavy atom. The summed E-state index contributed by atoms with van der Waals surface area (Å²) < 4.78 is 29.6. The number of carbonyl (C=O) groups excluding carboxylic acids is 1. The first-order chi connectivity index (χ1) is 13.9. The highest BCUT2D eigenvalue weighted by molar-refractivity contribution is 7.90. The van der Waals surface area contributed by atoms with E-state index in [1.165, 1.54) is 6.07 Å². The van der Waals surface area contributed by atoms with Gasteiger partial charge >= 0.3 is 0 Å². The molecule has 1 amide bonds. The number of nitrogens with one attached hydrogen (secondary N) is 1. The Morgan fingerprint density at radius 1 is 1.14 bits per heavy atom. The molecule has 0 radical (unpaired) electrons. The van der Waals surface area contributed by atoms with Crippen LogP contribution >= 0.6 is 0 Å². The first-order valence-electron chi connectivity index (χ1n) is 9.98. The number of nitrogens with zero attached hydrogens (tertiary/aromatic N) is 2. The number of amides is 1. The third kappa shape index (κ3) is 3.79. The number of rotatable bonds is 3. The van der Waals surface area contributed by atoms with Gasteiger partial charge in [0.05, 0.1) is 11.7 Å². The largest absolute Gasteiger partial charge is 0.346 e. The van der Waals surface area contributed by atoms with E-state index < -0.39 is 10.0 Å². The number of carbonyl (C=O) groups is 1. The zero-order valence-electron chi connectivity index (χ0n) is 16.7. The summed E-state index contributed by atoms with van der Waals surface area (Å²) in [7, 11) is -3.81. The van der Waals surface area contributed by atoms with Gasteiger partial charge in [0.2, 0.25) is 0 Å². The molecule has 152 valence electrons. The topological polar surface area (TPSA) is 78.8 Å². The van der Waals surface area contributed by atoms with Gasteiger partial charge in [0.25, 0.3) is 15.9 Å². The van der Waals surface area contributed by atoms with Crippen molar-refractivity contribution in [3.05, 3.63) is 59.2 Å². The van der Waals surface area contributed by atoms with Crippen LogP contribution in [0.3, 0.4) is 0 Å². The predicted octanol–water partition coefficient (Wildman–Crippen LogP) is 3.97. The molecular weight excluding hydrogens is 386 g/mol. The van der Waals surface area contributed by atoms with Gasteiger partial charge in [0.15, 0.2) is 0 Å².